The largest absolute Gasteiger partial charge is 1.00 e. The molecule has 1 aliphatic carbocycles. The third-order valence-electron chi connectivity index (χ3n) is 0.697. The fourth-order valence-electron chi connectivity index (χ4n) is 0.118. The molecule has 1 fully saturated rings. The molecule has 0 aromatic heterocycles. The maximum absolute atomic E-state index is 3.75. The van der Waals surface area contributed by atoms with Crippen LogP contribution in [0.15, 0.2) is 0 Å². The Morgan fingerprint density at radius 2 is 1.50 bits per heavy atom. The van der Waals surface area contributed by atoms with E-state index >= 15 is 0 Å². The zero-order chi connectivity index (χ0) is 2.99. The molecular weight excluding hydrogens is 106 g/mol. The van der Waals surface area contributed by atoms with E-state index < -0.39 is 0 Å². The van der Waals surface area contributed by atoms with Crippen molar-refractivity contribution >= 4 is 0 Å². The average Bonchev–Trinajstić information content (AvgIpc) is 1.75. The van der Waals surface area contributed by atoms with E-state index in [4.69, 9.17) is 0 Å². The molecule has 0 nitrogen and oxygen atoms in total. The van der Waals surface area contributed by atoms with Gasteiger partial charge in [0.15, 0.2) is 0 Å². The second-order valence-corrected chi connectivity index (χ2v) is 1.44. The van der Waals surface area contributed by atoms with E-state index in [1.54, 1.807) is 0 Å². The molecule has 0 bridgehead atoms. The number of rotatable bonds is 0. The quantitative estimate of drug-likeness (QED) is 0.219. The van der Waals surface area contributed by atoms with Crippen molar-refractivity contribution in [2.45, 2.75) is 12.8 Å². The van der Waals surface area contributed by atoms with Crippen LogP contribution in [0, 0.1) is 12.8 Å². The van der Waals surface area contributed by atoms with Gasteiger partial charge in [-0.25, -0.2) is 0 Å². The molecule has 1 rings (SSSR count). The van der Waals surface area contributed by atoms with Gasteiger partial charge in [-0.1, -0.05) is 12.8 Å². The van der Waals surface area contributed by atoms with Gasteiger partial charge in [0.25, 0.3) is 0 Å². The van der Waals surface area contributed by atoms with Crippen LogP contribution in [0.5, 0.6) is 0 Å². The van der Waals surface area contributed by atoms with Crippen LogP contribution in [0.4, 0.5) is 0 Å². The average molecular weight is 114 g/mol. The first-order valence-electron chi connectivity index (χ1n) is 1.72. The standard InChI is InChI=1S/C4H7.ClH.Na/c1-4-2-3-4;;/h4H,1-3H2;1H;/q-1;;+1/p-1. The zero-order valence-electron chi connectivity index (χ0n) is 4.08. The summed E-state index contributed by atoms with van der Waals surface area (Å²) in [4.78, 5) is 0. The van der Waals surface area contributed by atoms with Gasteiger partial charge in [-0.15, -0.1) is 0 Å². The van der Waals surface area contributed by atoms with E-state index in [1.165, 1.54) is 12.8 Å². The third-order valence-corrected chi connectivity index (χ3v) is 0.697. The van der Waals surface area contributed by atoms with Crippen molar-refractivity contribution in [2.24, 2.45) is 5.92 Å². The van der Waals surface area contributed by atoms with Crippen LogP contribution in [0.2, 0.25) is 0 Å². The Kier molecular flexibility index (Phi) is 7.64. The summed E-state index contributed by atoms with van der Waals surface area (Å²) in [5.74, 6) is 0.833. The summed E-state index contributed by atoms with van der Waals surface area (Å²) < 4.78 is 0. The SMILES string of the molecule is [CH2-]C1CC1.[Cl-].[Na+]. The van der Waals surface area contributed by atoms with E-state index in [2.05, 4.69) is 6.92 Å². The summed E-state index contributed by atoms with van der Waals surface area (Å²) in [6, 6.07) is 0. The molecule has 0 atom stereocenters. The summed E-state index contributed by atoms with van der Waals surface area (Å²) in [6.45, 7) is 3.75. The summed E-state index contributed by atoms with van der Waals surface area (Å²) in [6.07, 6.45) is 2.75. The van der Waals surface area contributed by atoms with E-state index in [0.717, 1.165) is 5.92 Å². The van der Waals surface area contributed by atoms with Crippen LogP contribution >= 0.6 is 0 Å². The Balaban J connectivity index is 0. The maximum atomic E-state index is 3.75. The molecule has 6 heavy (non-hydrogen) atoms. The molecule has 0 unspecified atom stereocenters. The Labute approximate surface area is 67.4 Å². The van der Waals surface area contributed by atoms with Gasteiger partial charge in [-0.05, 0) is 0 Å². The van der Waals surface area contributed by atoms with E-state index in [-0.39, 0.29) is 42.0 Å². The van der Waals surface area contributed by atoms with Gasteiger partial charge < -0.3 is 19.3 Å². The van der Waals surface area contributed by atoms with Gasteiger partial charge in [0.2, 0.25) is 0 Å². The molecule has 0 N–H and O–H groups in total. The molecular formula is C4H7ClNa-. The van der Waals surface area contributed by atoms with Crippen molar-refractivity contribution in [2.75, 3.05) is 0 Å². The monoisotopic (exact) mass is 113 g/mol. The second kappa shape index (κ2) is 4.45. The van der Waals surface area contributed by atoms with Gasteiger partial charge in [0.1, 0.15) is 0 Å². The Bertz CT molecular complexity index is 26.7. The molecule has 32 valence electrons. The number of hydrogen-bond acceptors (Lipinski definition) is 0. The van der Waals surface area contributed by atoms with E-state index in [9.17, 15) is 0 Å². The van der Waals surface area contributed by atoms with Crippen molar-refractivity contribution in [3.63, 3.8) is 0 Å². The smallest absolute Gasteiger partial charge is 1.00 e. The normalized spacial score (nSPS) is 17.5. The summed E-state index contributed by atoms with van der Waals surface area (Å²) in [5, 5.41) is 0. The van der Waals surface area contributed by atoms with E-state index in [0.29, 0.717) is 0 Å². The van der Waals surface area contributed by atoms with Crippen LogP contribution in [0.25, 0.3) is 0 Å². The van der Waals surface area contributed by atoms with Gasteiger partial charge in [-0.3, -0.25) is 0 Å². The second-order valence-electron chi connectivity index (χ2n) is 1.44. The predicted octanol–water partition coefficient (Wildman–Crippen LogP) is -4.76. The van der Waals surface area contributed by atoms with Gasteiger partial charge in [0, 0.05) is 0 Å². The summed E-state index contributed by atoms with van der Waals surface area (Å²) in [7, 11) is 0. The zero-order valence-corrected chi connectivity index (χ0v) is 6.83. The van der Waals surface area contributed by atoms with Gasteiger partial charge >= 0.3 is 29.6 Å². The minimum absolute atomic E-state index is 0. The molecule has 0 spiro atoms. The molecule has 0 aliphatic heterocycles. The Morgan fingerprint density at radius 3 is 1.50 bits per heavy atom. The van der Waals surface area contributed by atoms with Crippen molar-refractivity contribution in [3.05, 3.63) is 6.92 Å². The van der Waals surface area contributed by atoms with Crippen LogP contribution < -0.4 is 42.0 Å². The molecule has 1 aliphatic rings. The molecule has 0 saturated heterocycles. The minimum atomic E-state index is 0. The summed E-state index contributed by atoms with van der Waals surface area (Å²) >= 11 is 0. The van der Waals surface area contributed by atoms with Crippen LogP contribution in [0.3, 0.4) is 0 Å². The van der Waals surface area contributed by atoms with Gasteiger partial charge in [0.05, 0.1) is 0 Å². The third kappa shape index (κ3) is 5.29. The molecule has 2 heteroatoms. The first-order valence-corrected chi connectivity index (χ1v) is 1.72. The predicted molar refractivity (Wildman–Crippen MR) is 18.1 cm³/mol. The van der Waals surface area contributed by atoms with E-state index in [1.807, 2.05) is 0 Å². The van der Waals surface area contributed by atoms with Crippen LogP contribution in [-0.4, -0.2) is 0 Å². The molecule has 0 amide bonds. The van der Waals surface area contributed by atoms with Crippen molar-refractivity contribution in [3.8, 4) is 0 Å². The minimum Gasteiger partial charge on any atom is -1.00 e. The summed E-state index contributed by atoms with van der Waals surface area (Å²) in [5.41, 5.74) is 0. The van der Waals surface area contributed by atoms with Gasteiger partial charge in [-0.2, -0.15) is 5.92 Å². The number of hydrogen-bond donors (Lipinski definition) is 0. The topological polar surface area (TPSA) is 0 Å². The fourth-order valence-corrected chi connectivity index (χ4v) is 0.118. The van der Waals surface area contributed by atoms with Crippen molar-refractivity contribution in [1.82, 2.24) is 0 Å². The first-order chi connectivity index (χ1) is 1.89. The maximum Gasteiger partial charge on any atom is 1.00 e. The molecule has 0 heterocycles. The van der Waals surface area contributed by atoms with Crippen molar-refractivity contribution in [1.29, 1.82) is 0 Å². The number of halogens is 1. The first kappa shape index (κ1) is 10.3. The molecule has 1 saturated carbocycles. The van der Waals surface area contributed by atoms with Crippen molar-refractivity contribution < 1.29 is 42.0 Å². The Morgan fingerprint density at radius 1 is 1.33 bits per heavy atom. The van der Waals surface area contributed by atoms with Crippen LogP contribution in [-0.2, 0) is 0 Å². The van der Waals surface area contributed by atoms with Crippen LogP contribution in [0.1, 0.15) is 12.8 Å². The molecule has 0 aromatic rings. The molecule has 0 aromatic carbocycles. The Hall–Kier alpha value is 1.29. The molecule has 0 radical (unpaired) electrons. The fraction of sp³-hybridized carbons (Fsp3) is 0.750.